The summed E-state index contributed by atoms with van der Waals surface area (Å²) in [4.78, 5) is 52.9. The fourth-order valence-electron chi connectivity index (χ4n) is 5.50. The average Bonchev–Trinajstić information content (AvgIpc) is 2.94. The molecular formula is C30H32N4O5. The number of rotatable bonds is 7. The van der Waals surface area contributed by atoms with Crippen LogP contribution in [0.25, 0.3) is 0 Å². The summed E-state index contributed by atoms with van der Waals surface area (Å²) in [7, 11) is 0. The first-order chi connectivity index (χ1) is 18.9. The van der Waals surface area contributed by atoms with Crippen LogP contribution in [0.5, 0.6) is 0 Å². The molecule has 3 amide bonds. The van der Waals surface area contributed by atoms with Gasteiger partial charge in [-0.3, -0.25) is 9.59 Å². The first-order valence-corrected chi connectivity index (χ1v) is 13.3. The topological polar surface area (TPSA) is 110 Å². The number of aromatic nitrogens is 1. The number of urea groups is 1. The minimum absolute atomic E-state index is 0.00464. The summed E-state index contributed by atoms with van der Waals surface area (Å²) >= 11 is 0. The van der Waals surface area contributed by atoms with Gasteiger partial charge in [0, 0.05) is 49.4 Å². The minimum atomic E-state index is -0.818. The lowest BCUT2D eigenvalue weighted by molar-refractivity contribution is -0.118. The van der Waals surface area contributed by atoms with Crippen molar-refractivity contribution in [3.05, 3.63) is 100.0 Å². The van der Waals surface area contributed by atoms with E-state index in [0.717, 1.165) is 17.7 Å². The third kappa shape index (κ3) is 6.03. The molecule has 2 N–H and O–H groups in total. The number of anilines is 1. The number of piperidine rings is 1. The van der Waals surface area contributed by atoms with E-state index in [0.29, 0.717) is 37.3 Å². The van der Waals surface area contributed by atoms with Crippen LogP contribution in [0.4, 0.5) is 10.5 Å². The molecule has 1 saturated heterocycles. The van der Waals surface area contributed by atoms with Crippen molar-refractivity contribution in [3.63, 3.8) is 0 Å². The normalized spacial score (nSPS) is 18.4. The molecule has 3 atom stereocenters. The second kappa shape index (κ2) is 11.6. The number of fused-ring (bicyclic) bond motifs is 4. The first-order valence-electron chi connectivity index (χ1n) is 13.3. The SMILES string of the molecule is CCOC(=O)c1ccc(NC(=O)[C@H](Cc2ccccc2)NC(=O)N2C[C@H]3C[C@@H](C2)c2cccc(=O)n2C3)cc1. The fraction of sp³-hybridized carbons (Fsp3) is 0.333. The van der Waals surface area contributed by atoms with Crippen LogP contribution < -0.4 is 16.2 Å². The molecule has 2 aliphatic rings. The van der Waals surface area contributed by atoms with E-state index in [1.165, 1.54) is 0 Å². The zero-order chi connectivity index (χ0) is 27.4. The molecule has 3 heterocycles. The smallest absolute Gasteiger partial charge is 0.338 e. The van der Waals surface area contributed by atoms with Gasteiger partial charge >= 0.3 is 12.0 Å². The molecule has 3 aromatic rings. The number of pyridine rings is 1. The van der Waals surface area contributed by atoms with E-state index in [-0.39, 0.29) is 35.9 Å². The minimum Gasteiger partial charge on any atom is -0.462 e. The number of nitrogens with one attached hydrogen (secondary N) is 2. The quantitative estimate of drug-likeness (QED) is 0.457. The molecule has 0 saturated carbocycles. The Balaban J connectivity index is 1.29. The van der Waals surface area contributed by atoms with Crippen LogP contribution in [0, 0.1) is 5.92 Å². The number of amides is 3. The lowest BCUT2D eigenvalue weighted by atomic mass is 9.83. The second-order valence-electron chi connectivity index (χ2n) is 10.1. The molecule has 2 aliphatic heterocycles. The molecule has 39 heavy (non-hydrogen) atoms. The van der Waals surface area contributed by atoms with Crippen LogP contribution in [-0.4, -0.2) is 53.1 Å². The summed E-state index contributed by atoms with van der Waals surface area (Å²) < 4.78 is 6.84. The summed E-state index contributed by atoms with van der Waals surface area (Å²) in [5.74, 6) is -0.522. The number of hydrogen-bond acceptors (Lipinski definition) is 5. The summed E-state index contributed by atoms with van der Waals surface area (Å²) in [6.07, 6.45) is 1.25. The highest BCUT2D eigenvalue weighted by molar-refractivity contribution is 5.98. The van der Waals surface area contributed by atoms with E-state index in [2.05, 4.69) is 10.6 Å². The Morgan fingerprint density at radius 2 is 1.72 bits per heavy atom. The predicted molar refractivity (Wildman–Crippen MR) is 147 cm³/mol. The third-order valence-electron chi connectivity index (χ3n) is 7.33. The summed E-state index contributed by atoms with van der Waals surface area (Å²) in [5.41, 5.74) is 2.77. The standard InChI is InChI=1S/C30H32N4O5/c1-2-39-29(37)22-11-13-24(14-12-22)31-28(36)25(16-20-7-4-3-5-8-20)32-30(38)33-17-21-15-23(19-33)26-9-6-10-27(35)34(26)18-21/h3-14,21,23,25H,2,15-19H2,1H3,(H,31,36)(H,32,38)/t21-,23+,25+/m1/s1. The maximum Gasteiger partial charge on any atom is 0.338 e. The van der Waals surface area contributed by atoms with Gasteiger partial charge in [0.05, 0.1) is 12.2 Å². The molecular weight excluding hydrogens is 496 g/mol. The molecule has 1 aromatic heterocycles. The number of hydrogen-bond donors (Lipinski definition) is 2. The summed E-state index contributed by atoms with van der Waals surface area (Å²) in [5, 5.41) is 5.82. The molecule has 1 fully saturated rings. The van der Waals surface area contributed by atoms with Crippen molar-refractivity contribution in [1.82, 2.24) is 14.8 Å². The van der Waals surface area contributed by atoms with Crippen LogP contribution in [0.2, 0.25) is 0 Å². The van der Waals surface area contributed by atoms with E-state index < -0.39 is 12.0 Å². The molecule has 5 rings (SSSR count). The first kappa shape index (κ1) is 26.2. The van der Waals surface area contributed by atoms with Gasteiger partial charge in [-0.05, 0) is 55.2 Å². The van der Waals surface area contributed by atoms with Gasteiger partial charge < -0.3 is 24.8 Å². The van der Waals surface area contributed by atoms with Gasteiger partial charge in [-0.15, -0.1) is 0 Å². The zero-order valence-electron chi connectivity index (χ0n) is 21.8. The number of ether oxygens (including phenoxy) is 1. The largest absolute Gasteiger partial charge is 0.462 e. The molecule has 0 unspecified atom stereocenters. The van der Waals surface area contributed by atoms with E-state index >= 15 is 0 Å². The van der Waals surface area contributed by atoms with Gasteiger partial charge in [0.25, 0.3) is 5.56 Å². The Morgan fingerprint density at radius 3 is 2.46 bits per heavy atom. The van der Waals surface area contributed by atoms with Gasteiger partial charge in [0.1, 0.15) is 6.04 Å². The van der Waals surface area contributed by atoms with Crippen LogP contribution in [-0.2, 0) is 22.5 Å². The van der Waals surface area contributed by atoms with Crippen molar-refractivity contribution in [2.75, 3.05) is 25.0 Å². The van der Waals surface area contributed by atoms with Crippen molar-refractivity contribution in [3.8, 4) is 0 Å². The van der Waals surface area contributed by atoms with Gasteiger partial charge in [0.2, 0.25) is 5.91 Å². The van der Waals surface area contributed by atoms with Crippen molar-refractivity contribution in [2.45, 2.75) is 38.3 Å². The maximum atomic E-state index is 13.5. The average molecular weight is 529 g/mol. The molecule has 2 aromatic carbocycles. The van der Waals surface area contributed by atoms with Gasteiger partial charge in [-0.1, -0.05) is 36.4 Å². The van der Waals surface area contributed by atoms with Crippen molar-refractivity contribution >= 4 is 23.6 Å². The maximum absolute atomic E-state index is 13.5. The lowest BCUT2D eigenvalue weighted by Crippen LogP contribution is -2.55. The Morgan fingerprint density at radius 1 is 0.949 bits per heavy atom. The molecule has 202 valence electrons. The fourth-order valence-corrected chi connectivity index (χ4v) is 5.50. The molecule has 9 nitrogen and oxygen atoms in total. The van der Waals surface area contributed by atoms with Crippen LogP contribution in [0.1, 0.15) is 40.9 Å². The number of carbonyl (C=O) groups excluding carboxylic acids is 3. The van der Waals surface area contributed by atoms with E-state index in [1.807, 2.05) is 41.0 Å². The Kier molecular flexibility index (Phi) is 7.76. The summed E-state index contributed by atoms with van der Waals surface area (Å²) in [6.45, 7) is 3.62. The van der Waals surface area contributed by atoms with Crippen molar-refractivity contribution in [2.24, 2.45) is 5.92 Å². The lowest BCUT2D eigenvalue weighted by Gasteiger charge is -2.43. The molecule has 9 heteroatoms. The highest BCUT2D eigenvalue weighted by atomic mass is 16.5. The monoisotopic (exact) mass is 528 g/mol. The molecule has 2 bridgehead atoms. The Labute approximate surface area is 226 Å². The molecule has 0 aliphatic carbocycles. The Bertz CT molecular complexity index is 1400. The zero-order valence-corrected chi connectivity index (χ0v) is 21.8. The number of nitrogens with zero attached hydrogens (tertiary/aromatic N) is 2. The predicted octanol–water partition coefficient (Wildman–Crippen LogP) is 3.40. The summed E-state index contributed by atoms with van der Waals surface area (Å²) in [6, 6.07) is 20.2. The third-order valence-corrected chi connectivity index (χ3v) is 7.33. The van der Waals surface area contributed by atoms with E-state index in [9.17, 15) is 19.2 Å². The van der Waals surface area contributed by atoms with E-state index in [1.54, 1.807) is 48.2 Å². The van der Waals surface area contributed by atoms with E-state index in [4.69, 9.17) is 4.74 Å². The molecule has 0 radical (unpaired) electrons. The number of benzene rings is 2. The Hall–Kier alpha value is -4.40. The molecule has 0 spiro atoms. The van der Waals surface area contributed by atoms with Gasteiger partial charge in [-0.2, -0.15) is 0 Å². The number of esters is 1. The van der Waals surface area contributed by atoms with Gasteiger partial charge in [0.15, 0.2) is 0 Å². The van der Waals surface area contributed by atoms with Crippen LogP contribution >= 0.6 is 0 Å². The van der Waals surface area contributed by atoms with Gasteiger partial charge in [-0.25, -0.2) is 9.59 Å². The van der Waals surface area contributed by atoms with Crippen molar-refractivity contribution in [1.29, 1.82) is 0 Å². The highest BCUT2D eigenvalue weighted by Gasteiger charge is 2.37. The van der Waals surface area contributed by atoms with Crippen LogP contribution in [0.3, 0.4) is 0 Å². The van der Waals surface area contributed by atoms with Crippen molar-refractivity contribution < 1.29 is 19.1 Å². The van der Waals surface area contributed by atoms with Crippen LogP contribution in [0.15, 0.2) is 77.6 Å². The highest BCUT2D eigenvalue weighted by Crippen LogP contribution is 2.34. The second-order valence-corrected chi connectivity index (χ2v) is 10.1. The number of likely N-dealkylation sites (tertiary alicyclic amines) is 1. The number of carbonyl (C=O) groups is 3.